The van der Waals surface area contributed by atoms with Crippen LogP contribution in [0.25, 0.3) is 11.2 Å². The average molecular weight is 408 g/mol. The van der Waals surface area contributed by atoms with Crippen molar-refractivity contribution in [2.75, 3.05) is 7.11 Å². The number of benzene rings is 2. The zero-order valence-corrected chi connectivity index (χ0v) is 16.6. The number of ether oxygens (including phenoxy) is 1. The third-order valence-corrected chi connectivity index (χ3v) is 5.99. The first-order valence-electron chi connectivity index (χ1n) is 9.05. The Balaban J connectivity index is 1.69. The van der Waals surface area contributed by atoms with Crippen molar-refractivity contribution in [2.24, 2.45) is 0 Å². The Labute approximate surface area is 169 Å². The van der Waals surface area contributed by atoms with Gasteiger partial charge in [-0.05, 0) is 30.3 Å². The number of hydrogen-bond acceptors (Lipinski definition) is 5. The van der Waals surface area contributed by atoms with Gasteiger partial charge in [0.15, 0.2) is 5.65 Å². The van der Waals surface area contributed by atoms with E-state index < -0.39 is 10.0 Å². The summed E-state index contributed by atoms with van der Waals surface area (Å²) in [6, 6.07) is 19.6. The maximum atomic E-state index is 12.6. The number of para-hydroxylation sites is 1. The van der Waals surface area contributed by atoms with Crippen molar-refractivity contribution in [3.05, 3.63) is 84.3 Å². The number of fused-ring (bicyclic) bond motifs is 1. The Bertz CT molecular complexity index is 1240. The molecule has 0 aliphatic heterocycles. The Morgan fingerprint density at radius 1 is 1.00 bits per heavy atom. The highest BCUT2D eigenvalue weighted by atomic mass is 32.2. The maximum absolute atomic E-state index is 12.6. The second kappa shape index (κ2) is 8.02. The van der Waals surface area contributed by atoms with Gasteiger partial charge in [-0.25, -0.2) is 23.1 Å². The molecule has 0 saturated carbocycles. The van der Waals surface area contributed by atoms with E-state index in [0.717, 1.165) is 11.3 Å². The molecule has 0 amide bonds. The van der Waals surface area contributed by atoms with Gasteiger partial charge in [0.05, 0.1) is 25.1 Å². The van der Waals surface area contributed by atoms with E-state index in [0.29, 0.717) is 23.5 Å². The highest BCUT2D eigenvalue weighted by molar-refractivity contribution is 7.89. The lowest BCUT2D eigenvalue weighted by Crippen LogP contribution is -2.25. The molecule has 1 N–H and O–H groups in total. The van der Waals surface area contributed by atoms with E-state index in [2.05, 4.69) is 14.7 Å². The minimum Gasteiger partial charge on any atom is -0.496 e. The van der Waals surface area contributed by atoms with Crippen LogP contribution >= 0.6 is 0 Å². The summed E-state index contributed by atoms with van der Waals surface area (Å²) in [5.41, 5.74) is 2.34. The predicted molar refractivity (Wildman–Crippen MR) is 110 cm³/mol. The SMILES string of the molecule is COc1ccccc1Cn1c(CNS(=O)(=O)c2ccccc2)nc2cccnc21. The first kappa shape index (κ1) is 19.1. The van der Waals surface area contributed by atoms with Gasteiger partial charge in [-0.1, -0.05) is 36.4 Å². The molecule has 0 saturated heterocycles. The van der Waals surface area contributed by atoms with Crippen LogP contribution in [-0.4, -0.2) is 30.1 Å². The van der Waals surface area contributed by atoms with Crippen molar-refractivity contribution in [1.82, 2.24) is 19.3 Å². The molecule has 2 aromatic heterocycles. The number of pyridine rings is 1. The fourth-order valence-corrected chi connectivity index (χ4v) is 4.15. The summed E-state index contributed by atoms with van der Waals surface area (Å²) in [5, 5.41) is 0. The van der Waals surface area contributed by atoms with Crippen LogP contribution in [0.4, 0.5) is 0 Å². The van der Waals surface area contributed by atoms with Gasteiger partial charge in [0.2, 0.25) is 10.0 Å². The molecule has 0 aliphatic carbocycles. The largest absolute Gasteiger partial charge is 0.496 e. The Morgan fingerprint density at radius 3 is 2.55 bits per heavy atom. The van der Waals surface area contributed by atoms with Gasteiger partial charge in [0.25, 0.3) is 0 Å². The van der Waals surface area contributed by atoms with Crippen LogP contribution in [0.2, 0.25) is 0 Å². The molecule has 2 aromatic carbocycles. The van der Waals surface area contributed by atoms with Crippen LogP contribution in [0.15, 0.2) is 77.8 Å². The van der Waals surface area contributed by atoms with Crippen molar-refractivity contribution in [2.45, 2.75) is 18.0 Å². The second-order valence-electron chi connectivity index (χ2n) is 6.41. The van der Waals surface area contributed by atoms with E-state index in [1.165, 1.54) is 0 Å². The quantitative estimate of drug-likeness (QED) is 0.508. The first-order chi connectivity index (χ1) is 14.1. The van der Waals surface area contributed by atoms with Gasteiger partial charge in [-0.15, -0.1) is 0 Å². The number of rotatable bonds is 7. The maximum Gasteiger partial charge on any atom is 0.240 e. The Kier molecular flexibility index (Phi) is 5.28. The number of imidazole rings is 1. The fourth-order valence-electron chi connectivity index (χ4n) is 3.15. The molecule has 0 radical (unpaired) electrons. The average Bonchev–Trinajstić information content (AvgIpc) is 3.11. The van der Waals surface area contributed by atoms with Crippen LogP contribution in [-0.2, 0) is 23.1 Å². The van der Waals surface area contributed by atoms with E-state index in [4.69, 9.17) is 4.74 Å². The summed E-state index contributed by atoms with van der Waals surface area (Å²) in [7, 11) is -2.02. The molecule has 29 heavy (non-hydrogen) atoms. The van der Waals surface area contributed by atoms with Crippen LogP contribution in [0.5, 0.6) is 5.75 Å². The normalized spacial score (nSPS) is 11.6. The number of sulfonamides is 1. The molecular formula is C21H20N4O3S. The van der Waals surface area contributed by atoms with E-state index in [1.54, 1.807) is 49.7 Å². The topological polar surface area (TPSA) is 86.1 Å². The minimum absolute atomic E-state index is 0.0444. The standard InChI is InChI=1S/C21H20N4O3S/c1-28-19-12-6-5-8-16(19)15-25-20(24-18-11-7-13-22-21(18)25)14-23-29(26,27)17-9-3-2-4-10-17/h2-13,23H,14-15H2,1H3. The molecule has 0 atom stereocenters. The minimum atomic E-state index is -3.65. The number of nitrogens with one attached hydrogen (secondary N) is 1. The van der Waals surface area contributed by atoms with Crippen molar-refractivity contribution < 1.29 is 13.2 Å². The Morgan fingerprint density at radius 2 is 1.76 bits per heavy atom. The zero-order valence-electron chi connectivity index (χ0n) is 15.8. The monoisotopic (exact) mass is 408 g/mol. The van der Waals surface area contributed by atoms with Crippen LogP contribution in [0, 0.1) is 0 Å². The highest BCUT2D eigenvalue weighted by Gasteiger charge is 2.18. The zero-order chi connectivity index (χ0) is 20.3. The lowest BCUT2D eigenvalue weighted by atomic mass is 10.2. The smallest absolute Gasteiger partial charge is 0.240 e. The van der Waals surface area contributed by atoms with Crippen molar-refractivity contribution in [1.29, 1.82) is 0 Å². The third-order valence-electron chi connectivity index (χ3n) is 4.58. The van der Waals surface area contributed by atoms with Crippen molar-refractivity contribution >= 4 is 21.2 Å². The molecule has 2 heterocycles. The summed E-state index contributed by atoms with van der Waals surface area (Å²) < 4.78 is 35.2. The van der Waals surface area contributed by atoms with E-state index >= 15 is 0 Å². The van der Waals surface area contributed by atoms with E-state index in [-0.39, 0.29) is 11.4 Å². The van der Waals surface area contributed by atoms with Gasteiger partial charge < -0.3 is 9.30 Å². The summed E-state index contributed by atoms with van der Waals surface area (Å²) in [4.78, 5) is 9.25. The molecule has 4 rings (SSSR count). The molecule has 8 heteroatoms. The van der Waals surface area contributed by atoms with Gasteiger partial charge in [-0.2, -0.15) is 0 Å². The second-order valence-corrected chi connectivity index (χ2v) is 8.18. The van der Waals surface area contributed by atoms with Gasteiger partial charge in [0, 0.05) is 11.8 Å². The lowest BCUT2D eigenvalue weighted by Gasteiger charge is -2.12. The molecule has 0 unspecified atom stereocenters. The summed E-state index contributed by atoms with van der Waals surface area (Å²) in [5.74, 6) is 1.32. The third kappa shape index (κ3) is 3.98. The van der Waals surface area contributed by atoms with E-state index in [9.17, 15) is 8.42 Å². The number of aromatic nitrogens is 3. The van der Waals surface area contributed by atoms with Crippen molar-refractivity contribution in [3.8, 4) is 5.75 Å². The molecular weight excluding hydrogens is 388 g/mol. The first-order valence-corrected chi connectivity index (χ1v) is 10.5. The summed E-state index contributed by atoms with van der Waals surface area (Å²) >= 11 is 0. The summed E-state index contributed by atoms with van der Waals surface area (Å²) in [6.07, 6.45) is 1.70. The van der Waals surface area contributed by atoms with Crippen LogP contribution in [0.1, 0.15) is 11.4 Å². The molecule has 7 nitrogen and oxygen atoms in total. The van der Waals surface area contributed by atoms with Crippen molar-refractivity contribution in [3.63, 3.8) is 0 Å². The summed E-state index contributed by atoms with van der Waals surface area (Å²) in [6.45, 7) is 0.503. The molecule has 4 aromatic rings. The fraction of sp³-hybridized carbons (Fsp3) is 0.143. The lowest BCUT2D eigenvalue weighted by molar-refractivity contribution is 0.408. The molecule has 0 spiro atoms. The number of methoxy groups -OCH3 is 1. The molecule has 0 fully saturated rings. The van der Waals surface area contributed by atoms with Gasteiger partial charge in [-0.3, -0.25) is 0 Å². The molecule has 0 aliphatic rings. The van der Waals surface area contributed by atoms with Crippen LogP contribution in [0.3, 0.4) is 0 Å². The van der Waals surface area contributed by atoms with E-state index in [1.807, 2.05) is 34.9 Å². The molecule has 0 bridgehead atoms. The molecule has 148 valence electrons. The van der Waals surface area contributed by atoms with Gasteiger partial charge in [0.1, 0.15) is 17.1 Å². The highest BCUT2D eigenvalue weighted by Crippen LogP contribution is 2.22. The number of nitrogens with zero attached hydrogens (tertiary/aromatic N) is 3. The Hall–Kier alpha value is -3.23. The van der Waals surface area contributed by atoms with Gasteiger partial charge >= 0.3 is 0 Å². The predicted octanol–water partition coefficient (Wildman–Crippen LogP) is 2.97. The van der Waals surface area contributed by atoms with Crippen LogP contribution < -0.4 is 9.46 Å². The number of hydrogen-bond donors (Lipinski definition) is 1.